The third-order valence-corrected chi connectivity index (χ3v) is 5.56. The molecule has 0 bridgehead atoms. The Morgan fingerprint density at radius 2 is 2.07 bits per heavy atom. The lowest BCUT2D eigenvalue weighted by atomic mass is 10.0. The predicted octanol–water partition coefficient (Wildman–Crippen LogP) is 2.86. The van der Waals surface area contributed by atoms with Crippen LogP contribution in [0.5, 0.6) is 5.88 Å². The number of rotatable bonds is 11. The van der Waals surface area contributed by atoms with Crippen molar-refractivity contribution < 1.29 is 14.3 Å². The molecule has 0 aromatic carbocycles. The van der Waals surface area contributed by atoms with Crippen LogP contribution in [0.15, 0.2) is 20.7 Å². The van der Waals surface area contributed by atoms with Crippen LogP contribution in [-0.4, -0.2) is 40.4 Å². The first-order valence-electron chi connectivity index (χ1n) is 9.47. The largest absolute Gasteiger partial charge is 0.480 e. The summed E-state index contributed by atoms with van der Waals surface area (Å²) < 4.78 is 10.6. The summed E-state index contributed by atoms with van der Waals surface area (Å²) in [5.74, 6) is 0.839. The Morgan fingerprint density at radius 1 is 1.29 bits per heavy atom. The Hall–Kier alpha value is -2.29. The second-order valence-corrected chi connectivity index (χ2v) is 7.60. The first kappa shape index (κ1) is 22.0. The van der Waals surface area contributed by atoms with Gasteiger partial charge in [-0.2, -0.15) is 0 Å². The minimum Gasteiger partial charge on any atom is -0.480 e. The lowest BCUT2D eigenvalue weighted by Crippen LogP contribution is -2.22. The number of aromatic amines is 2. The van der Waals surface area contributed by atoms with Gasteiger partial charge in [0.1, 0.15) is 0 Å². The SMILES string of the molecule is CCCCC(CC)COC(=O)CCSc1c(OC)ncc2c(=O)[nH]c(=O)[nH]c12. The molecule has 1 unspecified atom stereocenters. The van der Waals surface area contributed by atoms with Gasteiger partial charge in [0.25, 0.3) is 5.56 Å². The standard InChI is InChI=1S/C19H27N3O5S/c1-4-6-7-12(5-2)11-27-14(23)8-9-28-16-15-13(10-20-18(16)26-3)17(24)22-19(25)21-15/h10,12H,4-9,11H2,1-3H3,(H2,21,22,24,25). The molecule has 2 aromatic rings. The highest BCUT2D eigenvalue weighted by molar-refractivity contribution is 7.99. The smallest absolute Gasteiger partial charge is 0.326 e. The normalized spacial score (nSPS) is 12.1. The van der Waals surface area contributed by atoms with Gasteiger partial charge >= 0.3 is 11.7 Å². The van der Waals surface area contributed by atoms with Gasteiger partial charge in [-0.25, -0.2) is 9.78 Å². The van der Waals surface area contributed by atoms with E-state index in [1.54, 1.807) is 0 Å². The second-order valence-electron chi connectivity index (χ2n) is 6.49. The Bertz CT molecular complexity index is 909. The van der Waals surface area contributed by atoms with E-state index in [4.69, 9.17) is 9.47 Å². The maximum Gasteiger partial charge on any atom is 0.326 e. The van der Waals surface area contributed by atoms with Crippen molar-refractivity contribution in [3.63, 3.8) is 0 Å². The fourth-order valence-electron chi connectivity index (χ4n) is 2.78. The van der Waals surface area contributed by atoms with Crippen LogP contribution in [0.2, 0.25) is 0 Å². The highest BCUT2D eigenvalue weighted by atomic mass is 32.2. The number of aromatic nitrogens is 3. The zero-order chi connectivity index (χ0) is 20.5. The second kappa shape index (κ2) is 10.9. The average Bonchev–Trinajstić information content (AvgIpc) is 2.68. The Labute approximate surface area is 167 Å². The van der Waals surface area contributed by atoms with Crippen LogP contribution in [0.25, 0.3) is 10.9 Å². The fraction of sp³-hybridized carbons (Fsp3) is 0.579. The van der Waals surface area contributed by atoms with E-state index in [1.165, 1.54) is 25.1 Å². The number of nitrogens with zero attached hydrogens (tertiary/aromatic N) is 1. The minimum atomic E-state index is -0.607. The summed E-state index contributed by atoms with van der Waals surface area (Å²) in [6.07, 6.45) is 5.88. The summed E-state index contributed by atoms with van der Waals surface area (Å²) in [6.45, 7) is 4.70. The number of hydrogen-bond acceptors (Lipinski definition) is 7. The van der Waals surface area contributed by atoms with E-state index in [2.05, 4.69) is 28.8 Å². The highest BCUT2D eigenvalue weighted by Crippen LogP contribution is 2.32. The van der Waals surface area contributed by atoms with Gasteiger partial charge in [0.05, 0.1) is 35.9 Å². The van der Waals surface area contributed by atoms with Crippen molar-refractivity contribution in [2.24, 2.45) is 5.92 Å². The van der Waals surface area contributed by atoms with Gasteiger partial charge in [0, 0.05) is 11.9 Å². The van der Waals surface area contributed by atoms with Crippen LogP contribution >= 0.6 is 11.8 Å². The Morgan fingerprint density at radius 3 is 2.75 bits per heavy atom. The van der Waals surface area contributed by atoms with Crippen molar-refractivity contribution in [3.05, 3.63) is 27.0 Å². The monoisotopic (exact) mass is 409 g/mol. The quantitative estimate of drug-likeness (QED) is 0.433. The molecule has 0 saturated carbocycles. The molecule has 1 atom stereocenters. The molecule has 0 spiro atoms. The number of methoxy groups -OCH3 is 1. The number of H-pyrrole nitrogens is 2. The number of nitrogens with one attached hydrogen (secondary N) is 2. The van der Waals surface area contributed by atoms with Gasteiger partial charge in [-0.05, 0) is 12.3 Å². The van der Waals surface area contributed by atoms with Crippen molar-refractivity contribution in [1.29, 1.82) is 0 Å². The van der Waals surface area contributed by atoms with Gasteiger partial charge in [-0.15, -0.1) is 11.8 Å². The Kier molecular flexibility index (Phi) is 8.56. The van der Waals surface area contributed by atoms with Crippen LogP contribution in [0.1, 0.15) is 46.0 Å². The third kappa shape index (κ3) is 5.85. The summed E-state index contributed by atoms with van der Waals surface area (Å²) >= 11 is 1.29. The number of thioether (sulfide) groups is 1. The summed E-state index contributed by atoms with van der Waals surface area (Å²) in [4.78, 5) is 45.0. The molecule has 2 N–H and O–H groups in total. The van der Waals surface area contributed by atoms with Crippen LogP contribution in [0, 0.1) is 5.92 Å². The van der Waals surface area contributed by atoms with Crippen molar-refractivity contribution in [2.75, 3.05) is 19.5 Å². The van der Waals surface area contributed by atoms with Crippen molar-refractivity contribution >= 4 is 28.6 Å². The lowest BCUT2D eigenvalue weighted by molar-refractivity contribution is -0.144. The number of fused-ring (bicyclic) bond motifs is 1. The molecule has 0 aliphatic heterocycles. The van der Waals surface area contributed by atoms with Crippen molar-refractivity contribution in [1.82, 2.24) is 15.0 Å². The summed E-state index contributed by atoms with van der Waals surface area (Å²) in [5, 5.41) is 0.257. The number of ether oxygens (including phenoxy) is 2. The Balaban J connectivity index is 2.00. The van der Waals surface area contributed by atoms with Crippen LogP contribution in [0.4, 0.5) is 0 Å². The molecule has 0 amide bonds. The van der Waals surface area contributed by atoms with E-state index in [1.807, 2.05) is 0 Å². The topological polar surface area (TPSA) is 114 Å². The van der Waals surface area contributed by atoms with E-state index in [0.717, 1.165) is 25.7 Å². The molecule has 2 aromatic heterocycles. The van der Waals surface area contributed by atoms with E-state index in [0.29, 0.717) is 28.7 Å². The number of hydrogen-bond donors (Lipinski definition) is 2. The zero-order valence-corrected chi connectivity index (χ0v) is 17.3. The number of pyridine rings is 1. The molecule has 0 saturated heterocycles. The maximum absolute atomic E-state index is 12.1. The van der Waals surface area contributed by atoms with E-state index < -0.39 is 11.2 Å². The average molecular weight is 410 g/mol. The number of carbonyl (C=O) groups is 1. The highest BCUT2D eigenvalue weighted by Gasteiger charge is 2.15. The van der Waals surface area contributed by atoms with Gasteiger partial charge in [-0.3, -0.25) is 14.6 Å². The molecular formula is C19H27N3O5S. The molecular weight excluding hydrogens is 382 g/mol. The summed E-state index contributed by atoms with van der Waals surface area (Å²) in [6, 6.07) is 0. The van der Waals surface area contributed by atoms with E-state index >= 15 is 0 Å². The molecule has 2 rings (SSSR count). The maximum atomic E-state index is 12.1. The van der Waals surface area contributed by atoms with Gasteiger partial charge < -0.3 is 14.5 Å². The molecule has 2 heterocycles. The molecule has 0 fully saturated rings. The minimum absolute atomic E-state index is 0.210. The lowest BCUT2D eigenvalue weighted by Gasteiger charge is -2.14. The van der Waals surface area contributed by atoms with Crippen LogP contribution < -0.4 is 16.0 Å². The van der Waals surface area contributed by atoms with Gasteiger partial charge in [0.15, 0.2) is 0 Å². The van der Waals surface area contributed by atoms with E-state index in [9.17, 15) is 14.4 Å². The fourth-order valence-corrected chi connectivity index (χ4v) is 3.82. The molecule has 0 radical (unpaired) electrons. The number of unbranched alkanes of at least 4 members (excludes halogenated alkanes) is 1. The van der Waals surface area contributed by atoms with Gasteiger partial charge in [0.2, 0.25) is 5.88 Å². The molecule has 0 aliphatic rings. The van der Waals surface area contributed by atoms with Crippen molar-refractivity contribution in [2.45, 2.75) is 50.8 Å². The molecule has 154 valence electrons. The summed E-state index contributed by atoms with van der Waals surface area (Å²) in [7, 11) is 1.46. The molecule has 9 heteroatoms. The molecule has 8 nitrogen and oxygen atoms in total. The van der Waals surface area contributed by atoms with Crippen molar-refractivity contribution in [3.8, 4) is 5.88 Å². The first-order valence-corrected chi connectivity index (χ1v) is 10.5. The number of esters is 1. The molecule has 28 heavy (non-hydrogen) atoms. The van der Waals surface area contributed by atoms with Crippen LogP contribution in [-0.2, 0) is 9.53 Å². The zero-order valence-electron chi connectivity index (χ0n) is 16.5. The van der Waals surface area contributed by atoms with E-state index in [-0.39, 0.29) is 23.7 Å². The number of carbonyl (C=O) groups excluding carboxylic acids is 1. The molecule has 0 aliphatic carbocycles. The van der Waals surface area contributed by atoms with Crippen LogP contribution in [0.3, 0.4) is 0 Å². The third-order valence-electron chi connectivity index (χ3n) is 4.48. The first-order chi connectivity index (χ1) is 13.5. The van der Waals surface area contributed by atoms with Gasteiger partial charge in [-0.1, -0.05) is 33.1 Å². The summed E-state index contributed by atoms with van der Waals surface area (Å²) in [5.41, 5.74) is -0.776. The predicted molar refractivity (Wildman–Crippen MR) is 109 cm³/mol.